The third kappa shape index (κ3) is 3.14. The smallest absolute Gasteiger partial charge is 0.467 e. The second-order valence-electron chi connectivity index (χ2n) is 7.42. The Kier molecular flexibility index (Phi) is 4.56. The third-order valence-electron chi connectivity index (χ3n) is 5.19. The van der Waals surface area contributed by atoms with Crippen molar-refractivity contribution >= 4 is 23.4 Å². The van der Waals surface area contributed by atoms with Gasteiger partial charge in [-0.15, -0.1) is 0 Å². The molecule has 1 saturated heterocycles. The standard InChI is InChI=1S/C19H24BFO4/c1-12-16(23-11-22-6)9-13-7-8-14(21)10-15(13)17(12)20-24-18(2,3)19(4,5)25-20/h7-10H,11H2,1-6H3. The van der Waals surface area contributed by atoms with E-state index in [0.29, 0.717) is 5.75 Å². The van der Waals surface area contributed by atoms with Crippen molar-refractivity contribution in [2.24, 2.45) is 0 Å². The van der Waals surface area contributed by atoms with Crippen LogP contribution in [0, 0.1) is 12.7 Å². The number of halogens is 1. The molecule has 1 heterocycles. The molecular weight excluding hydrogens is 322 g/mol. The maximum absolute atomic E-state index is 13.9. The van der Waals surface area contributed by atoms with Gasteiger partial charge in [0.15, 0.2) is 6.79 Å². The van der Waals surface area contributed by atoms with Gasteiger partial charge in [0.2, 0.25) is 0 Å². The fourth-order valence-corrected chi connectivity index (χ4v) is 3.01. The summed E-state index contributed by atoms with van der Waals surface area (Å²) in [7, 11) is 0.973. The van der Waals surface area contributed by atoms with E-state index in [1.54, 1.807) is 13.2 Å². The maximum atomic E-state index is 13.9. The van der Waals surface area contributed by atoms with Crippen molar-refractivity contribution in [3.63, 3.8) is 0 Å². The molecule has 1 aliphatic heterocycles. The molecule has 2 aromatic rings. The monoisotopic (exact) mass is 346 g/mol. The first-order chi connectivity index (χ1) is 11.7. The normalized spacial score (nSPS) is 18.8. The van der Waals surface area contributed by atoms with E-state index in [1.807, 2.05) is 40.7 Å². The van der Waals surface area contributed by atoms with Crippen molar-refractivity contribution in [3.8, 4) is 5.75 Å². The first-order valence-electron chi connectivity index (χ1n) is 8.36. The predicted octanol–water partition coefficient (Wildman–Crippen LogP) is 3.57. The highest BCUT2D eigenvalue weighted by Gasteiger charge is 2.52. The fourth-order valence-electron chi connectivity index (χ4n) is 3.01. The molecule has 0 amide bonds. The number of rotatable bonds is 4. The van der Waals surface area contributed by atoms with Gasteiger partial charge in [0.25, 0.3) is 0 Å². The summed E-state index contributed by atoms with van der Waals surface area (Å²) in [5.41, 5.74) is 0.690. The summed E-state index contributed by atoms with van der Waals surface area (Å²) < 4.78 is 37.0. The lowest BCUT2D eigenvalue weighted by atomic mass is 9.73. The van der Waals surface area contributed by atoms with Crippen LogP contribution < -0.4 is 10.2 Å². The van der Waals surface area contributed by atoms with Crippen LogP contribution in [-0.2, 0) is 14.0 Å². The van der Waals surface area contributed by atoms with Gasteiger partial charge in [0.1, 0.15) is 11.6 Å². The van der Waals surface area contributed by atoms with Crippen LogP contribution in [0.3, 0.4) is 0 Å². The van der Waals surface area contributed by atoms with Gasteiger partial charge in [0.05, 0.1) is 11.2 Å². The Morgan fingerprint density at radius 3 is 2.32 bits per heavy atom. The summed E-state index contributed by atoms with van der Waals surface area (Å²) in [6, 6.07) is 6.57. The van der Waals surface area contributed by atoms with Gasteiger partial charge in [-0.05, 0) is 74.6 Å². The van der Waals surface area contributed by atoms with Gasteiger partial charge in [0, 0.05) is 7.11 Å². The fraction of sp³-hybridized carbons (Fsp3) is 0.474. The largest absolute Gasteiger partial charge is 0.495 e. The minimum absolute atomic E-state index is 0.135. The highest BCUT2D eigenvalue weighted by Crippen LogP contribution is 2.38. The number of methoxy groups -OCH3 is 1. The van der Waals surface area contributed by atoms with E-state index in [-0.39, 0.29) is 12.6 Å². The second-order valence-corrected chi connectivity index (χ2v) is 7.42. The van der Waals surface area contributed by atoms with Crippen LogP contribution >= 0.6 is 0 Å². The van der Waals surface area contributed by atoms with Gasteiger partial charge < -0.3 is 18.8 Å². The summed E-state index contributed by atoms with van der Waals surface area (Å²) in [4.78, 5) is 0. The maximum Gasteiger partial charge on any atom is 0.495 e. The number of fused-ring (bicyclic) bond motifs is 1. The predicted molar refractivity (Wildman–Crippen MR) is 96.9 cm³/mol. The zero-order valence-corrected chi connectivity index (χ0v) is 15.6. The minimum Gasteiger partial charge on any atom is -0.467 e. The average molecular weight is 346 g/mol. The zero-order chi connectivity index (χ0) is 18.4. The van der Waals surface area contributed by atoms with Crippen LogP contribution in [0.2, 0.25) is 0 Å². The van der Waals surface area contributed by atoms with E-state index in [9.17, 15) is 4.39 Å². The molecule has 0 aliphatic carbocycles. The Hall–Kier alpha value is -1.63. The average Bonchev–Trinajstić information content (AvgIpc) is 2.73. The van der Waals surface area contributed by atoms with Crippen LogP contribution in [0.1, 0.15) is 33.3 Å². The van der Waals surface area contributed by atoms with Gasteiger partial charge >= 0.3 is 7.12 Å². The number of benzene rings is 2. The first-order valence-corrected chi connectivity index (χ1v) is 8.36. The number of hydrogen-bond acceptors (Lipinski definition) is 4. The molecule has 0 aromatic heterocycles. The topological polar surface area (TPSA) is 36.9 Å². The molecule has 0 spiro atoms. The van der Waals surface area contributed by atoms with E-state index < -0.39 is 18.3 Å². The molecule has 0 radical (unpaired) electrons. The van der Waals surface area contributed by atoms with E-state index in [0.717, 1.165) is 21.8 Å². The number of hydrogen-bond donors (Lipinski definition) is 0. The van der Waals surface area contributed by atoms with Crippen LogP contribution in [0.25, 0.3) is 10.8 Å². The van der Waals surface area contributed by atoms with Gasteiger partial charge in [-0.25, -0.2) is 4.39 Å². The molecule has 4 nitrogen and oxygen atoms in total. The molecule has 1 fully saturated rings. The Balaban J connectivity index is 2.18. The van der Waals surface area contributed by atoms with Gasteiger partial charge in [-0.3, -0.25) is 0 Å². The van der Waals surface area contributed by atoms with Crippen molar-refractivity contribution in [1.29, 1.82) is 0 Å². The van der Waals surface area contributed by atoms with Gasteiger partial charge in [-0.2, -0.15) is 0 Å². The van der Waals surface area contributed by atoms with Crippen molar-refractivity contribution in [2.45, 2.75) is 45.8 Å². The highest BCUT2D eigenvalue weighted by molar-refractivity contribution is 6.65. The molecule has 3 rings (SSSR count). The molecule has 0 N–H and O–H groups in total. The Morgan fingerprint density at radius 1 is 1.08 bits per heavy atom. The molecule has 0 unspecified atom stereocenters. The molecule has 134 valence electrons. The molecule has 0 bridgehead atoms. The van der Waals surface area contributed by atoms with Crippen molar-refractivity contribution in [3.05, 3.63) is 35.6 Å². The SMILES string of the molecule is COCOc1cc2ccc(F)cc2c(B2OC(C)(C)C(C)(C)O2)c1C. The Bertz CT molecular complexity index is 788. The van der Waals surface area contributed by atoms with Crippen molar-refractivity contribution in [2.75, 3.05) is 13.9 Å². The lowest BCUT2D eigenvalue weighted by Crippen LogP contribution is -2.41. The van der Waals surface area contributed by atoms with E-state index in [2.05, 4.69) is 0 Å². The van der Waals surface area contributed by atoms with E-state index >= 15 is 0 Å². The molecular formula is C19H24BFO4. The molecule has 25 heavy (non-hydrogen) atoms. The van der Waals surface area contributed by atoms with Crippen LogP contribution in [0.15, 0.2) is 24.3 Å². The molecule has 2 aromatic carbocycles. The summed E-state index contributed by atoms with van der Waals surface area (Å²) in [5, 5.41) is 1.63. The summed E-state index contributed by atoms with van der Waals surface area (Å²) in [6.45, 7) is 10.0. The van der Waals surface area contributed by atoms with Gasteiger partial charge in [-0.1, -0.05) is 6.07 Å². The zero-order valence-electron chi connectivity index (χ0n) is 15.6. The Morgan fingerprint density at radius 2 is 1.72 bits per heavy atom. The lowest BCUT2D eigenvalue weighted by Gasteiger charge is -2.32. The molecule has 1 aliphatic rings. The third-order valence-corrected chi connectivity index (χ3v) is 5.19. The molecule has 6 heteroatoms. The summed E-state index contributed by atoms with van der Waals surface area (Å²) >= 11 is 0. The lowest BCUT2D eigenvalue weighted by molar-refractivity contribution is 0.00578. The Labute approximate surface area is 148 Å². The van der Waals surface area contributed by atoms with E-state index in [1.165, 1.54) is 12.1 Å². The highest BCUT2D eigenvalue weighted by atomic mass is 19.1. The van der Waals surface area contributed by atoms with Crippen LogP contribution in [-0.4, -0.2) is 32.2 Å². The van der Waals surface area contributed by atoms with E-state index in [4.69, 9.17) is 18.8 Å². The summed E-state index contributed by atoms with van der Waals surface area (Å²) in [5.74, 6) is 0.376. The first kappa shape index (κ1) is 18.2. The van der Waals surface area contributed by atoms with Crippen molar-refractivity contribution in [1.82, 2.24) is 0 Å². The van der Waals surface area contributed by atoms with Crippen molar-refractivity contribution < 1.29 is 23.2 Å². The summed E-state index contributed by atoms with van der Waals surface area (Å²) in [6.07, 6.45) is 0. The quantitative estimate of drug-likeness (QED) is 0.627. The molecule has 0 saturated carbocycles. The molecule has 0 atom stereocenters. The van der Waals surface area contributed by atoms with Crippen LogP contribution in [0.4, 0.5) is 4.39 Å². The second kappa shape index (κ2) is 6.27. The van der Waals surface area contributed by atoms with Crippen LogP contribution in [0.5, 0.6) is 5.75 Å². The minimum atomic E-state index is -0.597. The number of ether oxygens (including phenoxy) is 2.